The smallest absolute Gasteiger partial charge is 0.255 e. The molecular weight excluding hydrogens is 360 g/mol. The SMILES string of the molecule is CCc1ccc(Cl)c(CC)c1NC(=O)c1cccc(CN2CCCC2=O)c1. The zero-order chi connectivity index (χ0) is 19.4. The number of likely N-dealkylation sites (tertiary alicyclic amines) is 1. The summed E-state index contributed by atoms with van der Waals surface area (Å²) in [7, 11) is 0. The van der Waals surface area contributed by atoms with Gasteiger partial charge in [0.1, 0.15) is 0 Å². The zero-order valence-electron chi connectivity index (χ0n) is 15.8. The van der Waals surface area contributed by atoms with Crippen LogP contribution in [0.4, 0.5) is 5.69 Å². The Bertz CT molecular complexity index is 863. The second-order valence-corrected chi connectivity index (χ2v) is 7.25. The highest BCUT2D eigenvalue weighted by molar-refractivity contribution is 6.32. The van der Waals surface area contributed by atoms with Gasteiger partial charge in [-0.2, -0.15) is 0 Å². The molecule has 0 atom stereocenters. The van der Waals surface area contributed by atoms with Crippen molar-refractivity contribution < 1.29 is 9.59 Å². The standard InChI is InChI=1S/C22H25ClN2O2/c1-3-16-10-11-19(23)18(4-2)21(16)24-22(27)17-8-5-7-15(13-17)14-25-12-6-9-20(25)26/h5,7-8,10-11,13H,3-4,6,9,12,14H2,1-2H3,(H,24,27). The van der Waals surface area contributed by atoms with Gasteiger partial charge >= 0.3 is 0 Å². The van der Waals surface area contributed by atoms with Gasteiger partial charge in [0.25, 0.3) is 5.91 Å². The molecular formula is C22H25ClN2O2. The highest BCUT2D eigenvalue weighted by atomic mass is 35.5. The van der Waals surface area contributed by atoms with Gasteiger partial charge in [-0.25, -0.2) is 0 Å². The van der Waals surface area contributed by atoms with Gasteiger partial charge in [0, 0.05) is 35.8 Å². The molecule has 4 nitrogen and oxygen atoms in total. The number of benzene rings is 2. The van der Waals surface area contributed by atoms with Gasteiger partial charge in [-0.05, 0) is 54.2 Å². The summed E-state index contributed by atoms with van der Waals surface area (Å²) >= 11 is 6.33. The van der Waals surface area contributed by atoms with Crippen molar-refractivity contribution in [3.8, 4) is 0 Å². The molecule has 3 rings (SSSR count). The first kappa shape index (κ1) is 19.4. The molecule has 1 heterocycles. The van der Waals surface area contributed by atoms with Crippen molar-refractivity contribution in [2.24, 2.45) is 0 Å². The molecule has 0 unspecified atom stereocenters. The largest absolute Gasteiger partial charge is 0.338 e. The van der Waals surface area contributed by atoms with E-state index in [0.717, 1.165) is 48.2 Å². The molecule has 0 spiro atoms. The number of nitrogens with zero attached hydrogens (tertiary/aromatic N) is 1. The van der Waals surface area contributed by atoms with E-state index in [0.29, 0.717) is 23.6 Å². The summed E-state index contributed by atoms with van der Waals surface area (Å²) in [6, 6.07) is 11.3. The predicted octanol–water partition coefficient (Wildman–Crippen LogP) is 4.84. The van der Waals surface area contributed by atoms with E-state index in [-0.39, 0.29) is 11.8 Å². The molecule has 0 aromatic heterocycles. The Morgan fingerprint density at radius 3 is 2.67 bits per heavy atom. The van der Waals surface area contributed by atoms with E-state index in [9.17, 15) is 9.59 Å². The zero-order valence-corrected chi connectivity index (χ0v) is 16.6. The molecule has 2 amide bonds. The van der Waals surface area contributed by atoms with Crippen molar-refractivity contribution in [1.82, 2.24) is 4.90 Å². The third kappa shape index (κ3) is 4.33. The lowest BCUT2D eigenvalue weighted by atomic mass is 10.0. The Labute approximate surface area is 165 Å². The fourth-order valence-corrected chi connectivity index (χ4v) is 3.85. The average molecular weight is 385 g/mol. The quantitative estimate of drug-likeness (QED) is 0.774. The van der Waals surface area contributed by atoms with Crippen molar-refractivity contribution in [3.05, 3.63) is 63.7 Å². The van der Waals surface area contributed by atoms with Gasteiger partial charge in [-0.15, -0.1) is 0 Å². The first-order valence-electron chi connectivity index (χ1n) is 9.51. The summed E-state index contributed by atoms with van der Waals surface area (Å²) < 4.78 is 0. The summed E-state index contributed by atoms with van der Waals surface area (Å²) in [6.45, 7) is 5.44. The van der Waals surface area contributed by atoms with Gasteiger partial charge in [-0.3, -0.25) is 9.59 Å². The molecule has 0 saturated carbocycles. The number of amides is 2. The number of halogens is 1. The monoisotopic (exact) mass is 384 g/mol. The number of hydrogen-bond donors (Lipinski definition) is 1. The predicted molar refractivity (Wildman–Crippen MR) is 109 cm³/mol. The van der Waals surface area contributed by atoms with E-state index < -0.39 is 0 Å². The number of carbonyl (C=O) groups is 2. The van der Waals surface area contributed by atoms with E-state index in [1.165, 1.54) is 0 Å². The van der Waals surface area contributed by atoms with E-state index in [4.69, 9.17) is 11.6 Å². The minimum Gasteiger partial charge on any atom is -0.338 e. The molecule has 27 heavy (non-hydrogen) atoms. The van der Waals surface area contributed by atoms with Crippen LogP contribution in [-0.2, 0) is 24.2 Å². The van der Waals surface area contributed by atoms with E-state index in [1.54, 1.807) is 6.07 Å². The van der Waals surface area contributed by atoms with Crippen LogP contribution in [0.3, 0.4) is 0 Å². The molecule has 1 aliphatic heterocycles. The summed E-state index contributed by atoms with van der Waals surface area (Å²) in [5, 5.41) is 3.74. The molecule has 2 aromatic carbocycles. The minimum atomic E-state index is -0.156. The van der Waals surface area contributed by atoms with Crippen molar-refractivity contribution in [2.45, 2.75) is 46.1 Å². The van der Waals surface area contributed by atoms with Crippen LogP contribution in [0, 0.1) is 0 Å². The molecule has 0 aliphatic carbocycles. The fourth-order valence-electron chi connectivity index (χ4n) is 3.56. The summed E-state index contributed by atoms with van der Waals surface area (Å²) in [4.78, 5) is 26.6. The summed E-state index contributed by atoms with van der Waals surface area (Å²) in [5.41, 5.74) is 4.41. The lowest BCUT2D eigenvalue weighted by molar-refractivity contribution is -0.128. The van der Waals surface area contributed by atoms with Crippen LogP contribution < -0.4 is 5.32 Å². The first-order chi connectivity index (χ1) is 13.0. The van der Waals surface area contributed by atoms with Crippen LogP contribution in [0.25, 0.3) is 0 Å². The third-order valence-corrected chi connectivity index (χ3v) is 5.40. The second kappa shape index (κ2) is 8.57. The highest BCUT2D eigenvalue weighted by Crippen LogP contribution is 2.30. The van der Waals surface area contributed by atoms with Crippen LogP contribution in [0.5, 0.6) is 0 Å². The van der Waals surface area contributed by atoms with Crippen LogP contribution >= 0.6 is 11.6 Å². The molecule has 1 N–H and O–H groups in total. The van der Waals surface area contributed by atoms with E-state index >= 15 is 0 Å². The van der Waals surface area contributed by atoms with Crippen LogP contribution in [0.1, 0.15) is 53.7 Å². The Morgan fingerprint density at radius 2 is 2.00 bits per heavy atom. The van der Waals surface area contributed by atoms with Crippen molar-refractivity contribution in [1.29, 1.82) is 0 Å². The molecule has 0 radical (unpaired) electrons. The van der Waals surface area contributed by atoms with Crippen molar-refractivity contribution in [2.75, 3.05) is 11.9 Å². The van der Waals surface area contributed by atoms with E-state index in [2.05, 4.69) is 12.2 Å². The number of aryl methyl sites for hydroxylation is 1. The van der Waals surface area contributed by atoms with Gasteiger partial charge in [0.15, 0.2) is 0 Å². The molecule has 1 saturated heterocycles. The number of hydrogen-bond acceptors (Lipinski definition) is 2. The number of anilines is 1. The maximum Gasteiger partial charge on any atom is 0.255 e. The maximum atomic E-state index is 12.9. The van der Waals surface area contributed by atoms with Gasteiger partial charge in [0.05, 0.1) is 0 Å². The molecule has 0 bridgehead atoms. The second-order valence-electron chi connectivity index (χ2n) is 6.84. The minimum absolute atomic E-state index is 0.156. The van der Waals surface area contributed by atoms with E-state index in [1.807, 2.05) is 42.2 Å². The van der Waals surface area contributed by atoms with Crippen molar-refractivity contribution >= 4 is 29.1 Å². The van der Waals surface area contributed by atoms with Crippen LogP contribution in [0.15, 0.2) is 36.4 Å². The van der Waals surface area contributed by atoms with Gasteiger partial charge in [0.2, 0.25) is 5.91 Å². The summed E-state index contributed by atoms with van der Waals surface area (Å²) in [5.74, 6) is 0.0280. The number of carbonyl (C=O) groups excluding carboxylic acids is 2. The third-order valence-electron chi connectivity index (χ3n) is 5.05. The lowest BCUT2D eigenvalue weighted by Crippen LogP contribution is -2.24. The normalized spacial score (nSPS) is 13.9. The van der Waals surface area contributed by atoms with Gasteiger partial charge < -0.3 is 10.2 Å². The highest BCUT2D eigenvalue weighted by Gasteiger charge is 2.20. The summed E-state index contributed by atoms with van der Waals surface area (Å²) in [6.07, 6.45) is 3.10. The average Bonchev–Trinajstić information content (AvgIpc) is 3.07. The molecule has 2 aromatic rings. The molecule has 5 heteroatoms. The van der Waals surface area contributed by atoms with Crippen LogP contribution in [-0.4, -0.2) is 23.3 Å². The maximum absolute atomic E-state index is 12.9. The molecule has 1 aliphatic rings. The Kier molecular flexibility index (Phi) is 6.17. The number of nitrogens with one attached hydrogen (secondary N) is 1. The Balaban J connectivity index is 1.82. The first-order valence-corrected chi connectivity index (χ1v) is 9.89. The lowest BCUT2D eigenvalue weighted by Gasteiger charge is -2.17. The van der Waals surface area contributed by atoms with Crippen molar-refractivity contribution in [3.63, 3.8) is 0 Å². The number of rotatable bonds is 6. The Hall–Kier alpha value is -2.33. The molecule has 142 valence electrons. The topological polar surface area (TPSA) is 49.4 Å². The van der Waals surface area contributed by atoms with Gasteiger partial charge in [-0.1, -0.05) is 43.6 Å². The fraction of sp³-hybridized carbons (Fsp3) is 0.364. The van der Waals surface area contributed by atoms with Crippen LogP contribution in [0.2, 0.25) is 5.02 Å². The Morgan fingerprint density at radius 1 is 1.19 bits per heavy atom. The molecule has 1 fully saturated rings.